The number of benzene rings is 1. The molecule has 1 heterocycles. The molecule has 0 spiro atoms. The molecule has 0 aliphatic heterocycles. The Morgan fingerprint density at radius 1 is 1.40 bits per heavy atom. The molecule has 3 nitrogen and oxygen atoms in total. The van der Waals surface area contributed by atoms with Crippen molar-refractivity contribution >= 4 is 17.2 Å². The Morgan fingerprint density at radius 2 is 2.20 bits per heavy atom. The Balaban J connectivity index is 1.59. The molecule has 3 rings (SSSR count). The molecule has 1 amide bonds. The number of carbonyl (C=O) groups is 1. The van der Waals surface area contributed by atoms with E-state index in [0.717, 1.165) is 29.1 Å². The number of hydrogen-bond donors (Lipinski definition) is 1. The van der Waals surface area contributed by atoms with Crippen molar-refractivity contribution in [3.8, 4) is 11.3 Å². The second-order valence-corrected chi connectivity index (χ2v) is 6.19. The molecule has 1 aromatic heterocycles. The predicted molar refractivity (Wildman–Crippen MR) is 81.6 cm³/mol. The second-order valence-electron chi connectivity index (χ2n) is 5.25. The summed E-state index contributed by atoms with van der Waals surface area (Å²) in [6.45, 7) is 2.17. The maximum absolute atomic E-state index is 11.9. The van der Waals surface area contributed by atoms with E-state index >= 15 is 0 Å². The van der Waals surface area contributed by atoms with Gasteiger partial charge < -0.3 is 5.32 Å². The second kappa shape index (κ2) is 5.75. The van der Waals surface area contributed by atoms with E-state index in [2.05, 4.69) is 17.2 Å². The van der Waals surface area contributed by atoms with Gasteiger partial charge in [-0.3, -0.25) is 4.79 Å². The lowest BCUT2D eigenvalue weighted by molar-refractivity contribution is -0.120. The van der Waals surface area contributed by atoms with Crippen LogP contribution in [0.5, 0.6) is 0 Å². The van der Waals surface area contributed by atoms with Crippen LogP contribution in [0.1, 0.15) is 24.8 Å². The van der Waals surface area contributed by atoms with Crippen LogP contribution in [0.2, 0.25) is 0 Å². The first-order chi connectivity index (χ1) is 9.76. The Morgan fingerprint density at radius 3 is 2.90 bits per heavy atom. The number of nitrogens with zero attached hydrogens (tertiary/aromatic N) is 1. The van der Waals surface area contributed by atoms with Crippen LogP contribution in [0.25, 0.3) is 11.3 Å². The van der Waals surface area contributed by atoms with Crippen molar-refractivity contribution in [1.29, 1.82) is 0 Å². The highest BCUT2D eigenvalue weighted by Crippen LogP contribution is 2.33. The third kappa shape index (κ3) is 3.07. The molecule has 1 aliphatic rings. The average molecular weight is 286 g/mol. The van der Waals surface area contributed by atoms with Crippen LogP contribution in [0.3, 0.4) is 0 Å². The van der Waals surface area contributed by atoms with E-state index in [1.165, 1.54) is 0 Å². The minimum Gasteiger partial charge on any atom is -0.353 e. The van der Waals surface area contributed by atoms with Crippen molar-refractivity contribution in [3.05, 3.63) is 40.7 Å². The summed E-state index contributed by atoms with van der Waals surface area (Å²) < 4.78 is 0. The van der Waals surface area contributed by atoms with E-state index in [0.29, 0.717) is 18.4 Å². The maximum Gasteiger partial charge on any atom is 0.227 e. The van der Waals surface area contributed by atoms with Gasteiger partial charge in [-0.2, -0.15) is 0 Å². The van der Waals surface area contributed by atoms with Crippen molar-refractivity contribution in [2.75, 3.05) is 0 Å². The highest BCUT2D eigenvalue weighted by atomic mass is 32.1. The zero-order valence-electron chi connectivity index (χ0n) is 11.5. The first-order valence-electron chi connectivity index (χ1n) is 7.05. The van der Waals surface area contributed by atoms with Crippen LogP contribution >= 0.6 is 11.3 Å². The summed E-state index contributed by atoms with van der Waals surface area (Å²) in [5, 5.41) is 5.98. The third-order valence-corrected chi connectivity index (χ3v) is 4.58. The van der Waals surface area contributed by atoms with Gasteiger partial charge in [-0.15, -0.1) is 11.3 Å². The fourth-order valence-corrected chi connectivity index (χ4v) is 3.21. The minimum atomic E-state index is 0.0971. The molecule has 104 valence electrons. The molecule has 4 heteroatoms. The summed E-state index contributed by atoms with van der Waals surface area (Å²) in [5.74, 6) is 0.787. The zero-order chi connectivity index (χ0) is 13.9. The Labute approximate surface area is 123 Å². The number of hydrogen-bond acceptors (Lipinski definition) is 3. The summed E-state index contributed by atoms with van der Waals surface area (Å²) in [4.78, 5) is 16.5. The molecule has 2 atom stereocenters. The van der Waals surface area contributed by atoms with Crippen LogP contribution in [-0.2, 0) is 11.2 Å². The number of nitrogens with one attached hydrogen (secondary N) is 1. The number of amides is 1. The smallest absolute Gasteiger partial charge is 0.227 e. The quantitative estimate of drug-likeness (QED) is 0.916. The standard InChI is InChI=1S/C16H18N2OS/c1-2-11-8-13(11)17-15(19)9-16-18-14(10-20-16)12-6-4-3-5-7-12/h3-7,10-11,13H,2,8-9H2,1H3,(H,17,19)/t11-,13-/m1/s1. The lowest BCUT2D eigenvalue weighted by Crippen LogP contribution is -2.28. The van der Waals surface area contributed by atoms with Crippen LogP contribution < -0.4 is 5.32 Å². The van der Waals surface area contributed by atoms with Crippen molar-refractivity contribution in [2.45, 2.75) is 32.2 Å². The molecule has 1 aliphatic carbocycles. The summed E-state index contributed by atoms with van der Waals surface area (Å²) in [6, 6.07) is 10.5. The molecular formula is C16H18N2OS. The van der Waals surface area contributed by atoms with Gasteiger partial charge in [0.2, 0.25) is 5.91 Å². The topological polar surface area (TPSA) is 42.0 Å². The summed E-state index contributed by atoms with van der Waals surface area (Å²) in [6.07, 6.45) is 2.68. The molecule has 0 bridgehead atoms. The monoisotopic (exact) mass is 286 g/mol. The van der Waals surface area contributed by atoms with Gasteiger partial charge in [0.25, 0.3) is 0 Å². The molecule has 1 N–H and O–H groups in total. The molecule has 0 unspecified atom stereocenters. The van der Waals surface area contributed by atoms with Gasteiger partial charge in [0, 0.05) is 17.0 Å². The SMILES string of the molecule is CC[C@@H]1C[C@H]1NC(=O)Cc1nc(-c2ccccc2)cs1. The van der Waals surface area contributed by atoms with Crippen molar-refractivity contribution < 1.29 is 4.79 Å². The predicted octanol–water partition coefficient (Wildman–Crippen LogP) is 3.27. The molecule has 2 aromatic rings. The van der Waals surface area contributed by atoms with Crippen molar-refractivity contribution in [3.63, 3.8) is 0 Å². The number of rotatable bonds is 5. The van der Waals surface area contributed by atoms with Gasteiger partial charge in [0.15, 0.2) is 0 Å². The molecular weight excluding hydrogens is 268 g/mol. The van der Waals surface area contributed by atoms with Crippen LogP contribution in [0.4, 0.5) is 0 Å². The van der Waals surface area contributed by atoms with Gasteiger partial charge >= 0.3 is 0 Å². The lowest BCUT2D eigenvalue weighted by atomic mass is 10.2. The third-order valence-electron chi connectivity index (χ3n) is 3.73. The maximum atomic E-state index is 11.9. The Hall–Kier alpha value is -1.68. The lowest BCUT2D eigenvalue weighted by Gasteiger charge is -2.01. The van der Waals surface area contributed by atoms with Crippen molar-refractivity contribution in [1.82, 2.24) is 10.3 Å². The number of carbonyl (C=O) groups excluding carboxylic acids is 1. The highest BCUT2D eigenvalue weighted by molar-refractivity contribution is 7.10. The Bertz CT molecular complexity index is 594. The average Bonchev–Trinajstić information content (AvgIpc) is 3.05. The summed E-state index contributed by atoms with van der Waals surface area (Å²) in [5.41, 5.74) is 2.06. The van der Waals surface area contributed by atoms with E-state index in [9.17, 15) is 4.79 Å². The normalized spacial score (nSPS) is 20.6. The fraction of sp³-hybridized carbons (Fsp3) is 0.375. The van der Waals surface area contributed by atoms with E-state index in [1.54, 1.807) is 11.3 Å². The molecule has 0 saturated heterocycles. The zero-order valence-corrected chi connectivity index (χ0v) is 12.3. The van der Waals surface area contributed by atoms with Gasteiger partial charge in [-0.1, -0.05) is 43.7 Å². The van der Waals surface area contributed by atoms with Gasteiger partial charge in [-0.25, -0.2) is 4.98 Å². The van der Waals surface area contributed by atoms with Gasteiger partial charge in [0.1, 0.15) is 5.01 Å². The molecule has 0 radical (unpaired) electrons. The van der Waals surface area contributed by atoms with E-state index in [1.807, 2.05) is 35.7 Å². The highest BCUT2D eigenvalue weighted by Gasteiger charge is 2.36. The number of thiazole rings is 1. The molecule has 20 heavy (non-hydrogen) atoms. The van der Waals surface area contributed by atoms with E-state index in [-0.39, 0.29) is 5.91 Å². The van der Waals surface area contributed by atoms with E-state index in [4.69, 9.17) is 0 Å². The van der Waals surface area contributed by atoms with E-state index < -0.39 is 0 Å². The first kappa shape index (κ1) is 13.3. The van der Waals surface area contributed by atoms with Crippen LogP contribution in [-0.4, -0.2) is 16.9 Å². The van der Waals surface area contributed by atoms with Crippen LogP contribution in [0, 0.1) is 5.92 Å². The van der Waals surface area contributed by atoms with Crippen molar-refractivity contribution in [2.24, 2.45) is 5.92 Å². The molecule has 1 aromatic carbocycles. The number of aromatic nitrogens is 1. The van der Waals surface area contributed by atoms with Gasteiger partial charge in [0.05, 0.1) is 12.1 Å². The summed E-state index contributed by atoms with van der Waals surface area (Å²) in [7, 11) is 0. The van der Waals surface area contributed by atoms with Crippen LogP contribution in [0.15, 0.2) is 35.7 Å². The largest absolute Gasteiger partial charge is 0.353 e. The first-order valence-corrected chi connectivity index (χ1v) is 7.93. The summed E-state index contributed by atoms with van der Waals surface area (Å²) >= 11 is 1.55. The molecule has 1 fully saturated rings. The molecule has 1 saturated carbocycles. The Kier molecular flexibility index (Phi) is 3.83. The fourth-order valence-electron chi connectivity index (χ4n) is 2.40. The van der Waals surface area contributed by atoms with Gasteiger partial charge in [-0.05, 0) is 12.3 Å². The minimum absolute atomic E-state index is 0.0971.